The van der Waals surface area contributed by atoms with Gasteiger partial charge in [0.1, 0.15) is 17.4 Å². The maximum absolute atomic E-state index is 12.4. The lowest BCUT2D eigenvalue weighted by atomic mass is 10.1. The van der Waals surface area contributed by atoms with Crippen molar-refractivity contribution in [2.75, 3.05) is 0 Å². The summed E-state index contributed by atoms with van der Waals surface area (Å²) in [6.07, 6.45) is -0.512. The average Bonchev–Trinajstić information content (AvgIpc) is 2.55. The highest BCUT2D eigenvalue weighted by atomic mass is 35.5. The Morgan fingerprint density at radius 3 is 2.52 bits per heavy atom. The number of phenols is 1. The van der Waals surface area contributed by atoms with Crippen LogP contribution in [0.5, 0.6) is 5.75 Å². The number of carbonyl (C=O) groups excluding carboxylic acids is 1. The molecule has 116 valence electrons. The Balaban J connectivity index is 1.89. The largest absolute Gasteiger partial charge is 0.506 e. The van der Waals surface area contributed by atoms with Crippen LogP contribution in [-0.4, -0.2) is 11.1 Å². The van der Waals surface area contributed by atoms with Crippen LogP contribution in [0.4, 0.5) is 0 Å². The molecule has 0 radical (unpaired) electrons. The van der Waals surface area contributed by atoms with Gasteiger partial charge in [-0.2, -0.15) is 0 Å². The Morgan fingerprint density at radius 1 is 1.04 bits per heavy atom. The first-order valence-electron chi connectivity index (χ1n) is 7.24. The van der Waals surface area contributed by atoms with Gasteiger partial charge < -0.3 is 9.84 Å². The summed E-state index contributed by atoms with van der Waals surface area (Å²) in [5.74, 6) is -0.653. The van der Waals surface area contributed by atoms with Crippen LogP contribution in [0.1, 0.15) is 28.9 Å². The van der Waals surface area contributed by atoms with Crippen LogP contribution in [0.25, 0.3) is 10.8 Å². The Morgan fingerprint density at radius 2 is 1.74 bits per heavy atom. The van der Waals surface area contributed by atoms with Gasteiger partial charge in [-0.3, -0.25) is 0 Å². The van der Waals surface area contributed by atoms with Crippen molar-refractivity contribution < 1.29 is 14.6 Å². The van der Waals surface area contributed by atoms with Crippen LogP contribution in [0.15, 0.2) is 60.7 Å². The lowest BCUT2D eigenvalue weighted by molar-refractivity contribution is 0.0335. The van der Waals surface area contributed by atoms with Gasteiger partial charge >= 0.3 is 5.97 Å². The highest BCUT2D eigenvalue weighted by Gasteiger charge is 2.19. The van der Waals surface area contributed by atoms with Crippen molar-refractivity contribution in [3.63, 3.8) is 0 Å². The van der Waals surface area contributed by atoms with E-state index in [0.717, 1.165) is 10.9 Å². The molecule has 0 amide bonds. The van der Waals surface area contributed by atoms with E-state index in [-0.39, 0.29) is 11.3 Å². The molecular formula is C19H15ClO3. The topological polar surface area (TPSA) is 46.5 Å². The SMILES string of the molecule is C[C@H](OC(=O)c1ccc2ccccc2c1O)c1ccccc1Cl. The zero-order chi connectivity index (χ0) is 16.4. The van der Waals surface area contributed by atoms with Crippen molar-refractivity contribution in [2.24, 2.45) is 0 Å². The first kappa shape index (κ1) is 15.4. The van der Waals surface area contributed by atoms with E-state index in [1.807, 2.05) is 30.3 Å². The summed E-state index contributed by atoms with van der Waals surface area (Å²) < 4.78 is 5.45. The van der Waals surface area contributed by atoms with Crippen LogP contribution in [0, 0.1) is 0 Å². The fourth-order valence-electron chi connectivity index (χ4n) is 2.51. The minimum Gasteiger partial charge on any atom is -0.506 e. The van der Waals surface area contributed by atoms with Gasteiger partial charge in [0.05, 0.1) is 0 Å². The van der Waals surface area contributed by atoms with Crippen molar-refractivity contribution >= 4 is 28.3 Å². The maximum Gasteiger partial charge on any atom is 0.342 e. The second-order valence-electron chi connectivity index (χ2n) is 5.25. The summed E-state index contributed by atoms with van der Waals surface area (Å²) >= 11 is 6.12. The number of benzene rings is 3. The summed E-state index contributed by atoms with van der Waals surface area (Å²) in [7, 11) is 0. The number of esters is 1. The molecule has 1 N–H and O–H groups in total. The third-order valence-corrected chi connectivity index (χ3v) is 4.09. The minimum absolute atomic E-state index is 0.0699. The van der Waals surface area contributed by atoms with Gasteiger partial charge in [-0.05, 0) is 24.4 Å². The van der Waals surface area contributed by atoms with Crippen LogP contribution >= 0.6 is 11.6 Å². The van der Waals surface area contributed by atoms with Gasteiger partial charge in [0.25, 0.3) is 0 Å². The fourth-order valence-corrected chi connectivity index (χ4v) is 2.80. The molecule has 3 rings (SSSR count). The van der Waals surface area contributed by atoms with Gasteiger partial charge in [0.2, 0.25) is 0 Å². The molecule has 0 saturated heterocycles. The quantitative estimate of drug-likeness (QED) is 0.680. The highest BCUT2D eigenvalue weighted by molar-refractivity contribution is 6.31. The van der Waals surface area contributed by atoms with E-state index in [1.54, 1.807) is 37.3 Å². The van der Waals surface area contributed by atoms with E-state index in [4.69, 9.17) is 16.3 Å². The first-order valence-corrected chi connectivity index (χ1v) is 7.62. The van der Waals surface area contributed by atoms with Crippen molar-refractivity contribution in [1.82, 2.24) is 0 Å². The van der Waals surface area contributed by atoms with E-state index >= 15 is 0 Å². The van der Waals surface area contributed by atoms with Crippen molar-refractivity contribution in [1.29, 1.82) is 0 Å². The zero-order valence-electron chi connectivity index (χ0n) is 12.5. The molecule has 0 aliphatic carbocycles. The highest BCUT2D eigenvalue weighted by Crippen LogP contribution is 2.31. The van der Waals surface area contributed by atoms with Gasteiger partial charge in [-0.15, -0.1) is 0 Å². The van der Waals surface area contributed by atoms with E-state index in [1.165, 1.54) is 0 Å². The van der Waals surface area contributed by atoms with Gasteiger partial charge in [0, 0.05) is 16.0 Å². The number of fused-ring (bicyclic) bond motifs is 1. The zero-order valence-corrected chi connectivity index (χ0v) is 13.2. The van der Waals surface area contributed by atoms with Gasteiger partial charge in [-0.1, -0.05) is 60.1 Å². The number of ether oxygens (including phenoxy) is 1. The van der Waals surface area contributed by atoms with Gasteiger partial charge in [-0.25, -0.2) is 4.79 Å². The average molecular weight is 327 g/mol. The molecule has 0 heterocycles. The second-order valence-corrected chi connectivity index (χ2v) is 5.66. The van der Waals surface area contributed by atoms with E-state index in [0.29, 0.717) is 10.4 Å². The Kier molecular flexibility index (Phi) is 4.22. The number of halogens is 1. The number of hydrogen-bond acceptors (Lipinski definition) is 3. The molecule has 4 heteroatoms. The summed E-state index contributed by atoms with van der Waals surface area (Å²) in [6, 6.07) is 17.9. The lowest BCUT2D eigenvalue weighted by Gasteiger charge is -2.16. The van der Waals surface area contributed by atoms with Gasteiger partial charge in [0.15, 0.2) is 0 Å². The summed E-state index contributed by atoms with van der Waals surface area (Å²) in [5, 5.41) is 12.3. The lowest BCUT2D eigenvalue weighted by Crippen LogP contribution is -2.10. The van der Waals surface area contributed by atoms with Crippen LogP contribution < -0.4 is 0 Å². The van der Waals surface area contributed by atoms with E-state index < -0.39 is 12.1 Å². The minimum atomic E-state index is -0.583. The van der Waals surface area contributed by atoms with Crippen LogP contribution in [-0.2, 0) is 4.74 Å². The molecule has 1 atom stereocenters. The first-order chi connectivity index (χ1) is 11.1. The van der Waals surface area contributed by atoms with E-state index in [2.05, 4.69) is 0 Å². The fraction of sp³-hybridized carbons (Fsp3) is 0.105. The number of carbonyl (C=O) groups is 1. The maximum atomic E-state index is 12.4. The predicted molar refractivity (Wildman–Crippen MR) is 90.9 cm³/mol. The number of hydrogen-bond donors (Lipinski definition) is 1. The number of rotatable bonds is 3. The molecule has 0 aliphatic heterocycles. The second kappa shape index (κ2) is 6.31. The molecule has 0 unspecified atom stereocenters. The van der Waals surface area contributed by atoms with Crippen molar-refractivity contribution in [2.45, 2.75) is 13.0 Å². The molecule has 0 bridgehead atoms. The molecule has 23 heavy (non-hydrogen) atoms. The Hall–Kier alpha value is -2.52. The van der Waals surface area contributed by atoms with Crippen molar-refractivity contribution in [3.05, 3.63) is 76.8 Å². The number of aromatic hydroxyl groups is 1. The summed E-state index contributed by atoms with van der Waals surface area (Å²) in [6.45, 7) is 1.75. The third-order valence-electron chi connectivity index (χ3n) is 3.75. The molecule has 3 aromatic rings. The van der Waals surface area contributed by atoms with Crippen LogP contribution in [0.2, 0.25) is 5.02 Å². The Labute approximate surface area is 139 Å². The molecule has 0 fully saturated rings. The molecule has 0 spiro atoms. The predicted octanol–water partition coefficient (Wildman–Crippen LogP) is 5.12. The smallest absolute Gasteiger partial charge is 0.342 e. The number of phenolic OH excluding ortho intramolecular Hbond substituents is 1. The monoisotopic (exact) mass is 326 g/mol. The molecule has 0 saturated carbocycles. The summed E-state index contributed by atoms with van der Waals surface area (Å²) in [4.78, 5) is 12.4. The molecule has 0 aromatic heterocycles. The molecule has 3 aromatic carbocycles. The third kappa shape index (κ3) is 3.01. The standard InChI is InChI=1S/C19H15ClO3/c1-12(14-7-4-5-9-17(14)20)23-19(22)16-11-10-13-6-2-3-8-15(13)18(16)21/h2-12,21H,1H3/t12-/m0/s1. The van der Waals surface area contributed by atoms with E-state index in [9.17, 15) is 9.90 Å². The van der Waals surface area contributed by atoms with Crippen LogP contribution in [0.3, 0.4) is 0 Å². The summed E-state index contributed by atoms with van der Waals surface area (Å²) in [5.41, 5.74) is 0.866. The molecular weight excluding hydrogens is 312 g/mol. The Bertz CT molecular complexity index is 873. The molecule has 3 nitrogen and oxygen atoms in total. The molecule has 0 aliphatic rings. The normalized spacial score (nSPS) is 12.1. The van der Waals surface area contributed by atoms with Crippen molar-refractivity contribution in [3.8, 4) is 5.75 Å².